The predicted molar refractivity (Wildman–Crippen MR) is 39.6 cm³/mol. The Morgan fingerprint density at radius 2 is 2.09 bits per heavy atom. The van der Waals surface area contributed by atoms with Crippen LogP contribution in [-0.2, 0) is 14.3 Å². The molecule has 1 rings (SSSR count). The van der Waals surface area contributed by atoms with Crippen LogP contribution in [0.3, 0.4) is 0 Å². The lowest BCUT2D eigenvalue weighted by atomic mass is 10.3. The highest BCUT2D eigenvalue weighted by molar-refractivity contribution is 5.83. The second-order valence-electron chi connectivity index (χ2n) is 2.89. The van der Waals surface area contributed by atoms with Crippen LogP contribution in [0.5, 0.6) is 0 Å². The van der Waals surface area contributed by atoms with Gasteiger partial charge >= 0.3 is 5.97 Å². The average molecular weight is 156 g/mol. The Kier molecular flexibility index (Phi) is 1.89. The van der Waals surface area contributed by atoms with Gasteiger partial charge in [-0.3, -0.25) is 0 Å². The van der Waals surface area contributed by atoms with Gasteiger partial charge in [-0.15, -0.1) is 0 Å². The monoisotopic (exact) mass is 156 g/mol. The molecule has 1 heterocycles. The highest BCUT2D eigenvalue weighted by Gasteiger charge is 2.28. The molecule has 0 radical (unpaired) electrons. The highest BCUT2D eigenvalue weighted by atomic mass is 16.7. The van der Waals surface area contributed by atoms with Crippen molar-refractivity contribution in [1.29, 1.82) is 0 Å². The minimum Gasteiger partial charge on any atom is -0.457 e. The van der Waals surface area contributed by atoms with E-state index in [4.69, 9.17) is 9.47 Å². The highest BCUT2D eigenvalue weighted by Crippen LogP contribution is 2.23. The molecule has 0 N–H and O–H groups in total. The number of rotatable bonds is 1. The van der Waals surface area contributed by atoms with E-state index in [0.29, 0.717) is 5.76 Å². The third-order valence-electron chi connectivity index (χ3n) is 1.35. The van der Waals surface area contributed by atoms with Crippen molar-refractivity contribution in [1.82, 2.24) is 0 Å². The molecular formula is C8H12O3. The van der Waals surface area contributed by atoms with E-state index in [1.165, 1.54) is 6.08 Å². The molecule has 3 nitrogen and oxygen atoms in total. The normalized spacial score (nSPS) is 21.7. The van der Waals surface area contributed by atoms with Gasteiger partial charge in [-0.2, -0.15) is 0 Å². The van der Waals surface area contributed by atoms with Gasteiger partial charge in [-0.1, -0.05) is 6.92 Å². The van der Waals surface area contributed by atoms with Gasteiger partial charge in [0.1, 0.15) is 5.76 Å². The second kappa shape index (κ2) is 2.57. The molecule has 0 saturated heterocycles. The van der Waals surface area contributed by atoms with Crippen molar-refractivity contribution >= 4 is 5.97 Å². The molecule has 3 heteroatoms. The molecule has 0 spiro atoms. The number of cyclic esters (lactones) is 1. The Hall–Kier alpha value is -0.990. The number of esters is 1. The third kappa shape index (κ3) is 1.97. The summed E-state index contributed by atoms with van der Waals surface area (Å²) in [5, 5.41) is 0. The summed E-state index contributed by atoms with van der Waals surface area (Å²) in [5.41, 5.74) is 0. The fourth-order valence-electron chi connectivity index (χ4n) is 0.943. The molecule has 0 saturated carbocycles. The smallest absolute Gasteiger partial charge is 0.337 e. The maximum atomic E-state index is 10.9. The van der Waals surface area contributed by atoms with Crippen molar-refractivity contribution in [3.05, 3.63) is 11.8 Å². The van der Waals surface area contributed by atoms with Crippen molar-refractivity contribution in [2.45, 2.75) is 33.0 Å². The molecule has 0 unspecified atom stereocenters. The van der Waals surface area contributed by atoms with Crippen LogP contribution in [0.2, 0.25) is 0 Å². The van der Waals surface area contributed by atoms with E-state index in [9.17, 15) is 4.79 Å². The van der Waals surface area contributed by atoms with E-state index in [-0.39, 0.29) is 5.97 Å². The standard InChI is InChI=1S/C8H12O3/c1-4-6-5-7(9)11-8(2,3)10-6/h5H,4H2,1-3H3. The summed E-state index contributed by atoms with van der Waals surface area (Å²) in [6.07, 6.45) is 2.10. The first kappa shape index (κ1) is 8.11. The zero-order valence-electron chi connectivity index (χ0n) is 7.01. The van der Waals surface area contributed by atoms with Gasteiger partial charge in [0.25, 0.3) is 0 Å². The molecule has 0 amide bonds. The summed E-state index contributed by atoms with van der Waals surface area (Å²) in [5.74, 6) is -0.429. The molecule has 0 aliphatic carbocycles. The zero-order chi connectivity index (χ0) is 8.48. The molecular weight excluding hydrogens is 144 g/mol. The molecule has 0 aromatic heterocycles. The van der Waals surface area contributed by atoms with E-state index < -0.39 is 5.79 Å². The molecule has 1 aliphatic rings. The molecule has 11 heavy (non-hydrogen) atoms. The average Bonchev–Trinajstić information content (AvgIpc) is 1.83. The zero-order valence-corrected chi connectivity index (χ0v) is 7.01. The minimum absolute atomic E-state index is 0.321. The van der Waals surface area contributed by atoms with Crippen LogP contribution in [0.15, 0.2) is 11.8 Å². The maximum absolute atomic E-state index is 10.9. The number of allylic oxidation sites excluding steroid dienone is 1. The lowest BCUT2D eigenvalue weighted by Crippen LogP contribution is -2.34. The van der Waals surface area contributed by atoms with E-state index in [1.807, 2.05) is 6.92 Å². The fourth-order valence-corrected chi connectivity index (χ4v) is 0.943. The van der Waals surface area contributed by atoms with Gasteiger partial charge < -0.3 is 9.47 Å². The van der Waals surface area contributed by atoms with Crippen LogP contribution in [0, 0.1) is 0 Å². The van der Waals surface area contributed by atoms with Gasteiger partial charge in [0, 0.05) is 20.3 Å². The summed E-state index contributed by atoms with van der Waals surface area (Å²) >= 11 is 0. The lowest BCUT2D eigenvalue weighted by molar-refractivity contribution is -0.205. The number of ether oxygens (including phenoxy) is 2. The van der Waals surface area contributed by atoms with Gasteiger partial charge in [0.15, 0.2) is 0 Å². The molecule has 0 atom stereocenters. The van der Waals surface area contributed by atoms with Crippen LogP contribution in [-0.4, -0.2) is 11.8 Å². The Morgan fingerprint density at radius 1 is 1.45 bits per heavy atom. The molecule has 0 aromatic rings. The third-order valence-corrected chi connectivity index (χ3v) is 1.35. The summed E-state index contributed by atoms with van der Waals surface area (Å²) in [6, 6.07) is 0. The summed E-state index contributed by atoms with van der Waals surface area (Å²) in [7, 11) is 0. The molecule has 0 bridgehead atoms. The molecule has 0 aromatic carbocycles. The van der Waals surface area contributed by atoms with Crippen LogP contribution >= 0.6 is 0 Å². The fraction of sp³-hybridized carbons (Fsp3) is 0.625. The van der Waals surface area contributed by atoms with Crippen molar-refractivity contribution in [2.24, 2.45) is 0 Å². The Morgan fingerprint density at radius 3 is 2.55 bits per heavy atom. The van der Waals surface area contributed by atoms with Gasteiger partial charge in [-0.05, 0) is 0 Å². The van der Waals surface area contributed by atoms with Crippen molar-refractivity contribution in [3.8, 4) is 0 Å². The number of carbonyl (C=O) groups excluding carboxylic acids is 1. The quantitative estimate of drug-likeness (QED) is 0.541. The van der Waals surface area contributed by atoms with Crippen LogP contribution in [0.4, 0.5) is 0 Å². The number of hydrogen-bond donors (Lipinski definition) is 0. The molecule has 62 valence electrons. The van der Waals surface area contributed by atoms with Crippen molar-refractivity contribution < 1.29 is 14.3 Å². The minimum atomic E-state index is -0.794. The Labute approximate surface area is 66.0 Å². The summed E-state index contributed by atoms with van der Waals surface area (Å²) in [4.78, 5) is 10.9. The number of hydrogen-bond acceptors (Lipinski definition) is 3. The first-order valence-corrected chi connectivity index (χ1v) is 3.66. The molecule has 1 aliphatic heterocycles. The van der Waals surface area contributed by atoms with Gasteiger partial charge in [-0.25, -0.2) is 4.79 Å². The lowest BCUT2D eigenvalue weighted by Gasteiger charge is -2.30. The van der Waals surface area contributed by atoms with E-state index in [2.05, 4.69) is 0 Å². The maximum Gasteiger partial charge on any atom is 0.337 e. The Balaban J connectivity index is 2.78. The summed E-state index contributed by atoms with van der Waals surface area (Å²) < 4.78 is 10.2. The van der Waals surface area contributed by atoms with E-state index in [1.54, 1.807) is 13.8 Å². The van der Waals surface area contributed by atoms with Crippen molar-refractivity contribution in [2.75, 3.05) is 0 Å². The van der Waals surface area contributed by atoms with E-state index >= 15 is 0 Å². The topological polar surface area (TPSA) is 35.5 Å². The Bertz CT molecular complexity index is 203. The van der Waals surface area contributed by atoms with Crippen LogP contribution in [0.1, 0.15) is 27.2 Å². The first-order chi connectivity index (χ1) is 5.03. The van der Waals surface area contributed by atoms with E-state index in [0.717, 1.165) is 6.42 Å². The SMILES string of the molecule is CCC1=CC(=O)OC(C)(C)O1. The van der Waals surface area contributed by atoms with Gasteiger partial charge in [0.05, 0.1) is 6.08 Å². The van der Waals surface area contributed by atoms with Gasteiger partial charge in [0.2, 0.25) is 5.79 Å². The predicted octanol–water partition coefficient (Wildman–Crippen LogP) is 1.59. The number of carbonyl (C=O) groups is 1. The first-order valence-electron chi connectivity index (χ1n) is 3.66. The largest absolute Gasteiger partial charge is 0.457 e. The second-order valence-corrected chi connectivity index (χ2v) is 2.89. The van der Waals surface area contributed by atoms with Crippen LogP contribution in [0.25, 0.3) is 0 Å². The molecule has 0 fully saturated rings. The van der Waals surface area contributed by atoms with Crippen LogP contribution < -0.4 is 0 Å². The summed E-state index contributed by atoms with van der Waals surface area (Å²) in [6.45, 7) is 5.36. The van der Waals surface area contributed by atoms with Crippen molar-refractivity contribution in [3.63, 3.8) is 0 Å².